The van der Waals surface area contributed by atoms with Gasteiger partial charge in [0.15, 0.2) is 6.10 Å². The van der Waals surface area contributed by atoms with Gasteiger partial charge in [0.1, 0.15) is 0 Å². The monoisotopic (exact) mass is 218 g/mol. The molecule has 0 unspecified atom stereocenters. The first-order valence-electron chi connectivity index (χ1n) is 5.75. The molecule has 3 rings (SSSR count). The highest BCUT2D eigenvalue weighted by molar-refractivity contribution is 5.78. The Balaban J connectivity index is 1.86. The van der Waals surface area contributed by atoms with Crippen LogP contribution >= 0.6 is 0 Å². The van der Waals surface area contributed by atoms with Crippen molar-refractivity contribution in [1.29, 1.82) is 0 Å². The number of ether oxygens (including phenoxy) is 2. The molecule has 1 saturated heterocycles. The molecule has 1 heterocycles. The van der Waals surface area contributed by atoms with E-state index >= 15 is 0 Å². The molecule has 1 saturated carbocycles. The maximum atomic E-state index is 11.8. The normalized spacial score (nSPS) is 27.2. The Morgan fingerprint density at radius 3 is 2.50 bits per heavy atom. The van der Waals surface area contributed by atoms with Crippen LogP contribution in [0.5, 0.6) is 0 Å². The SMILES string of the molecule is O=C1OC2(CCCC2)O[C@H]1c1ccccc1. The summed E-state index contributed by atoms with van der Waals surface area (Å²) < 4.78 is 11.3. The van der Waals surface area contributed by atoms with E-state index in [0.29, 0.717) is 0 Å². The molecule has 0 aromatic heterocycles. The van der Waals surface area contributed by atoms with Crippen molar-refractivity contribution in [2.45, 2.75) is 37.6 Å². The smallest absolute Gasteiger partial charge is 0.342 e. The van der Waals surface area contributed by atoms with E-state index < -0.39 is 11.9 Å². The predicted octanol–water partition coefficient (Wildman–Crippen LogP) is 2.57. The standard InChI is InChI=1S/C13H14O3/c14-12-11(10-6-2-1-3-7-10)15-13(16-12)8-4-5-9-13/h1-3,6-7,11H,4-5,8-9H2/t11-/m0/s1. The van der Waals surface area contributed by atoms with Crippen molar-refractivity contribution in [3.8, 4) is 0 Å². The fourth-order valence-electron chi connectivity index (χ4n) is 2.49. The second kappa shape index (κ2) is 3.59. The molecule has 2 aliphatic rings. The van der Waals surface area contributed by atoms with E-state index in [4.69, 9.17) is 9.47 Å². The summed E-state index contributed by atoms with van der Waals surface area (Å²) >= 11 is 0. The molecule has 1 aromatic rings. The number of carbonyl (C=O) groups is 1. The van der Waals surface area contributed by atoms with E-state index in [-0.39, 0.29) is 5.97 Å². The fraction of sp³-hybridized carbons (Fsp3) is 0.462. The molecule has 2 fully saturated rings. The number of benzene rings is 1. The van der Waals surface area contributed by atoms with Gasteiger partial charge in [-0.3, -0.25) is 0 Å². The van der Waals surface area contributed by atoms with Crippen LogP contribution in [0.25, 0.3) is 0 Å². The summed E-state index contributed by atoms with van der Waals surface area (Å²) in [6.45, 7) is 0. The van der Waals surface area contributed by atoms with Crippen molar-refractivity contribution >= 4 is 5.97 Å². The Morgan fingerprint density at radius 1 is 1.12 bits per heavy atom. The van der Waals surface area contributed by atoms with Crippen molar-refractivity contribution in [3.63, 3.8) is 0 Å². The second-order valence-corrected chi connectivity index (χ2v) is 4.45. The minimum absolute atomic E-state index is 0.242. The molecule has 0 N–H and O–H groups in total. The number of hydrogen-bond donors (Lipinski definition) is 0. The zero-order valence-electron chi connectivity index (χ0n) is 9.02. The Labute approximate surface area is 94.4 Å². The van der Waals surface area contributed by atoms with Gasteiger partial charge in [0.25, 0.3) is 0 Å². The van der Waals surface area contributed by atoms with Gasteiger partial charge < -0.3 is 9.47 Å². The number of carbonyl (C=O) groups excluding carboxylic acids is 1. The Morgan fingerprint density at radius 2 is 1.81 bits per heavy atom. The third kappa shape index (κ3) is 1.52. The minimum Gasteiger partial charge on any atom is -0.431 e. The lowest BCUT2D eigenvalue weighted by Crippen LogP contribution is -2.25. The third-order valence-corrected chi connectivity index (χ3v) is 3.30. The third-order valence-electron chi connectivity index (χ3n) is 3.30. The minimum atomic E-state index is -0.614. The largest absolute Gasteiger partial charge is 0.431 e. The van der Waals surface area contributed by atoms with E-state index in [1.807, 2.05) is 30.3 Å². The number of rotatable bonds is 1. The molecule has 1 aromatic carbocycles. The molecule has 0 amide bonds. The molecule has 0 bridgehead atoms. The highest BCUT2D eigenvalue weighted by Crippen LogP contribution is 2.44. The summed E-state index contributed by atoms with van der Waals surface area (Å²) in [4.78, 5) is 11.8. The van der Waals surface area contributed by atoms with Crippen LogP contribution in [0.1, 0.15) is 37.4 Å². The van der Waals surface area contributed by atoms with Gasteiger partial charge in [-0.1, -0.05) is 30.3 Å². The number of esters is 1. The van der Waals surface area contributed by atoms with Gasteiger partial charge in [0.05, 0.1) is 0 Å². The van der Waals surface area contributed by atoms with E-state index in [9.17, 15) is 4.79 Å². The highest BCUT2D eigenvalue weighted by Gasteiger charge is 2.49. The molecule has 3 nitrogen and oxygen atoms in total. The Kier molecular flexibility index (Phi) is 2.21. The molecule has 1 atom stereocenters. The molecular weight excluding hydrogens is 204 g/mol. The van der Waals surface area contributed by atoms with Gasteiger partial charge >= 0.3 is 5.97 Å². The lowest BCUT2D eigenvalue weighted by Gasteiger charge is -2.20. The number of hydrogen-bond acceptors (Lipinski definition) is 3. The van der Waals surface area contributed by atoms with Gasteiger partial charge in [-0.05, 0) is 18.4 Å². The van der Waals surface area contributed by atoms with Gasteiger partial charge in [-0.25, -0.2) is 4.79 Å². The molecule has 1 aliphatic carbocycles. The topological polar surface area (TPSA) is 35.5 Å². The van der Waals surface area contributed by atoms with Crippen molar-refractivity contribution in [3.05, 3.63) is 35.9 Å². The molecular formula is C13H14O3. The summed E-state index contributed by atoms with van der Waals surface area (Å²) in [5.41, 5.74) is 0.885. The first-order valence-corrected chi connectivity index (χ1v) is 5.75. The zero-order chi connectivity index (χ0) is 11.0. The lowest BCUT2D eigenvalue weighted by atomic mass is 10.1. The molecule has 3 heteroatoms. The van der Waals surface area contributed by atoms with Crippen molar-refractivity contribution in [2.75, 3.05) is 0 Å². The van der Waals surface area contributed by atoms with Gasteiger partial charge in [0, 0.05) is 12.8 Å². The summed E-state index contributed by atoms with van der Waals surface area (Å²) in [5, 5.41) is 0. The summed E-state index contributed by atoms with van der Waals surface area (Å²) in [6.07, 6.45) is 3.30. The van der Waals surface area contributed by atoms with E-state index in [0.717, 1.165) is 31.2 Å². The average molecular weight is 218 g/mol. The van der Waals surface area contributed by atoms with Crippen molar-refractivity contribution in [2.24, 2.45) is 0 Å². The van der Waals surface area contributed by atoms with Crippen LogP contribution in [-0.4, -0.2) is 11.8 Å². The first-order chi connectivity index (χ1) is 7.79. The molecule has 84 valence electrons. The summed E-state index contributed by atoms with van der Waals surface area (Å²) in [5.74, 6) is -0.856. The predicted molar refractivity (Wildman–Crippen MR) is 57.6 cm³/mol. The highest BCUT2D eigenvalue weighted by atomic mass is 16.8. The summed E-state index contributed by atoms with van der Waals surface area (Å²) in [6, 6.07) is 9.55. The molecule has 16 heavy (non-hydrogen) atoms. The van der Waals surface area contributed by atoms with Gasteiger partial charge in [0.2, 0.25) is 5.79 Å². The van der Waals surface area contributed by atoms with Crippen molar-refractivity contribution in [1.82, 2.24) is 0 Å². The maximum Gasteiger partial charge on any atom is 0.342 e. The van der Waals surface area contributed by atoms with Gasteiger partial charge in [-0.15, -0.1) is 0 Å². The Hall–Kier alpha value is -1.35. The van der Waals surface area contributed by atoms with Crippen LogP contribution in [0.15, 0.2) is 30.3 Å². The second-order valence-electron chi connectivity index (χ2n) is 4.45. The maximum absolute atomic E-state index is 11.8. The van der Waals surface area contributed by atoms with Crippen LogP contribution in [0.2, 0.25) is 0 Å². The first kappa shape index (κ1) is 9.85. The quantitative estimate of drug-likeness (QED) is 0.679. The Bertz CT molecular complexity index is 393. The van der Waals surface area contributed by atoms with E-state index in [1.54, 1.807) is 0 Å². The average Bonchev–Trinajstić information content (AvgIpc) is 2.88. The van der Waals surface area contributed by atoms with Crippen LogP contribution in [0.3, 0.4) is 0 Å². The van der Waals surface area contributed by atoms with Crippen LogP contribution in [0.4, 0.5) is 0 Å². The van der Waals surface area contributed by atoms with Crippen molar-refractivity contribution < 1.29 is 14.3 Å². The summed E-state index contributed by atoms with van der Waals surface area (Å²) in [7, 11) is 0. The van der Waals surface area contributed by atoms with Gasteiger partial charge in [-0.2, -0.15) is 0 Å². The lowest BCUT2D eigenvalue weighted by molar-refractivity contribution is -0.173. The fourth-order valence-corrected chi connectivity index (χ4v) is 2.49. The van der Waals surface area contributed by atoms with E-state index in [1.165, 1.54) is 0 Å². The van der Waals surface area contributed by atoms with Crippen LogP contribution in [0, 0.1) is 0 Å². The molecule has 1 aliphatic heterocycles. The molecule has 1 spiro atoms. The van der Waals surface area contributed by atoms with E-state index in [2.05, 4.69) is 0 Å². The van der Waals surface area contributed by atoms with Crippen LogP contribution < -0.4 is 0 Å². The zero-order valence-corrected chi connectivity index (χ0v) is 9.02. The van der Waals surface area contributed by atoms with Crippen LogP contribution in [-0.2, 0) is 14.3 Å². The molecule has 0 radical (unpaired) electrons.